The number of hydrogen-bond acceptors (Lipinski definition) is 2. The van der Waals surface area contributed by atoms with Gasteiger partial charge in [0.15, 0.2) is 0 Å². The predicted molar refractivity (Wildman–Crippen MR) is 89.5 cm³/mol. The normalized spacial score (nSPS) is 10.5. The van der Waals surface area contributed by atoms with Crippen molar-refractivity contribution in [2.75, 3.05) is 12.8 Å². The highest BCUT2D eigenvalue weighted by Gasteiger charge is 2.12. The lowest BCUT2D eigenvalue weighted by Crippen LogP contribution is -2.28. The Morgan fingerprint density at radius 3 is 2.59 bits per heavy atom. The summed E-state index contributed by atoms with van der Waals surface area (Å²) in [5.41, 5.74) is 2.93. The van der Waals surface area contributed by atoms with Gasteiger partial charge in [0.1, 0.15) is 5.82 Å². The maximum atomic E-state index is 13.6. The summed E-state index contributed by atoms with van der Waals surface area (Å²) in [7, 11) is 1.71. The fourth-order valence-corrected chi connectivity index (χ4v) is 3.13. The van der Waals surface area contributed by atoms with Crippen LogP contribution in [0.4, 0.5) is 4.39 Å². The summed E-state index contributed by atoms with van der Waals surface area (Å²) in [6, 6.07) is 12.7. The van der Waals surface area contributed by atoms with E-state index >= 15 is 0 Å². The maximum absolute atomic E-state index is 13.6. The summed E-state index contributed by atoms with van der Waals surface area (Å²) in [4.78, 5) is 14.9. The lowest BCUT2D eigenvalue weighted by Gasteiger charge is -2.17. The number of aryl methyl sites for hydroxylation is 2. The lowest BCUT2D eigenvalue weighted by atomic mass is 10.2. The highest BCUT2D eigenvalue weighted by atomic mass is 32.2. The quantitative estimate of drug-likeness (QED) is 0.771. The molecular formula is C18H20FNOS. The minimum absolute atomic E-state index is 0.00627. The van der Waals surface area contributed by atoms with Gasteiger partial charge in [-0.3, -0.25) is 4.79 Å². The van der Waals surface area contributed by atoms with Gasteiger partial charge in [0.2, 0.25) is 5.91 Å². The summed E-state index contributed by atoms with van der Waals surface area (Å²) in [5, 5.41) is 0. The molecule has 0 bridgehead atoms. The summed E-state index contributed by atoms with van der Waals surface area (Å²) >= 11 is 1.52. The van der Waals surface area contributed by atoms with E-state index in [2.05, 4.69) is 13.0 Å². The van der Waals surface area contributed by atoms with Gasteiger partial charge in [0.05, 0.1) is 5.75 Å². The molecule has 116 valence electrons. The Hall–Kier alpha value is -1.81. The number of rotatable bonds is 5. The largest absolute Gasteiger partial charge is 0.341 e. The molecule has 0 N–H and O–H groups in total. The van der Waals surface area contributed by atoms with Gasteiger partial charge in [0.25, 0.3) is 0 Å². The molecule has 0 aromatic heterocycles. The fraction of sp³-hybridized carbons (Fsp3) is 0.278. The van der Waals surface area contributed by atoms with Crippen molar-refractivity contribution in [1.29, 1.82) is 0 Å². The van der Waals surface area contributed by atoms with E-state index in [9.17, 15) is 9.18 Å². The zero-order chi connectivity index (χ0) is 16.1. The van der Waals surface area contributed by atoms with E-state index in [-0.39, 0.29) is 11.7 Å². The molecule has 0 aliphatic carbocycles. The van der Waals surface area contributed by atoms with Crippen LogP contribution in [0, 0.1) is 19.7 Å². The molecule has 0 aliphatic heterocycles. The molecule has 0 aliphatic rings. The van der Waals surface area contributed by atoms with E-state index in [1.807, 2.05) is 19.1 Å². The molecular weight excluding hydrogens is 297 g/mol. The van der Waals surface area contributed by atoms with Crippen LogP contribution in [0.5, 0.6) is 0 Å². The monoisotopic (exact) mass is 317 g/mol. The van der Waals surface area contributed by atoms with E-state index in [0.29, 0.717) is 17.9 Å². The smallest absolute Gasteiger partial charge is 0.232 e. The molecule has 1 amide bonds. The minimum atomic E-state index is -0.274. The van der Waals surface area contributed by atoms with E-state index in [1.54, 1.807) is 30.1 Å². The molecule has 0 unspecified atom stereocenters. The Labute approximate surface area is 135 Å². The van der Waals surface area contributed by atoms with Gasteiger partial charge in [0, 0.05) is 24.1 Å². The average Bonchev–Trinajstić information content (AvgIpc) is 2.48. The first-order valence-corrected chi connectivity index (χ1v) is 8.13. The number of thioether (sulfide) groups is 1. The molecule has 0 heterocycles. The van der Waals surface area contributed by atoms with Gasteiger partial charge in [-0.15, -0.1) is 11.8 Å². The van der Waals surface area contributed by atoms with Crippen LogP contribution in [0.3, 0.4) is 0 Å². The second kappa shape index (κ2) is 7.45. The second-order valence-corrected chi connectivity index (χ2v) is 6.42. The van der Waals surface area contributed by atoms with Gasteiger partial charge < -0.3 is 4.90 Å². The van der Waals surface area contributed by atoms with E-state index in [1.165, 1.54) is 29.0 Å². The number of hydrogen-bond donors (Lipinski definition) is 0. The summed E-state index contributed by atoms with van der Waals surface area (Å²) in [5.74, 6) is 0.0758. The molecule has 0 saturated heterocycles. The number of nitrogens with zero attached hydrogens (tertiary/aromatic N) is 1. The number of carbonyl (C=O) groups is 1. The van der Waals surface area contributed by atoms with Crippen molar-refractivity contribution in [2.45, 2.75) is 25.3 Å². The molecule has 0 fully saturated rings. The van der Waals surface area contributed by atoms with Gasteiger partial charge in [-0.25, -0.2) is 4.39 Å². The molecule has 2 rings (SSSR count). The zero-order valence-corrected chi connectivity index (χ0v) is 13.9. The molecule has 0 radical (unpaired) electrons. The van der Waals surface area contributed by atoms with Gasteiger partial charge >= 0.3 is 0 Å². The van der Waals surface area contributed by atoms with Crippen molar-refractivity contribution in [1.82, 2.24) is 4.90 Å². The Balaban J connectivity index is 1.93. The molecule has 2 aromatic rings. The highest BCUT2D eigenvalue weighted by Crippen LogP contribution is 2.23. The third-order valence-corrected chi connectivity index (χ3v) is 4.63. The van der Waals surface area contributed by atoms with Crippen LogP contribution in [-0.4, -0.2) is 23.6 Å². The summed E-state index contributed by atoms with van der Waals surface area (Å²) in [6.07, 6.45) is 0. The average molecular weight is 317 g/mol. The first-order valence-electron chi connectivity index (χ1n) is 7.15. The van der Waals surface area contributed by atoms with Crippen molar-refractivity contribution < 1.29 is 9.18 Å². The number of amides is 1. The van der Waals surface area contributed by atoms with Crippen LogP contribution < -0.4 is 0 Å². The van der Waals surface area contributed by atoms with Gasteiger partial charge in [-0.1, -0.05) is 35.9 Å². The lowest BCUT2D eigenvalue weighted by molar-refractivity contribution is -0.127. The summed E-state index contributed by atoms with van der Waals surface area (Å²) < 4.78 is 13.6. The third-order valence-electron chi connectivity index (χ3n) is 3.47. The predicted octanol–water partition coefficient (Wildman–Crippen LogP) is 4.19. The van der Waals surface area contributed by atoms with Crippen molar-refractivity contribution in [3.05, 3.63) is 65.0 Å². The Morgan fingerprint density at radius 2 is 1.91 bits per heavy atom. The Bertz CT molecular complexity index is 672. The topological polar surface area (TPSA) is 20.3 Å². The molecule has 2 aromatic carbocycles. The number of halogens is 1. The van der Waals surface area contributed by atoms with Gasteiger partial charge in [-0.05, 0) is 31.5 Å². The molecule has 22 heavy (non-hydrogen) atoms. The van der Waals surface area contributed by atoms with Crippen molar-refractivity contribution in [2.24, 2.45) is 0 Å². The zero-order valence-electron chi connectivity index (χ0n) is 13.1. The van der Waals surface area contributed by atoms with E-state index < -0.39 is 0 Å². The minimum Gasteiger partial charge on any atom is -0.341 e. The SMILES string of the molecule is Cc1ccc(SCC(=O)N(C)Cc2ccccc2F)c(C)c1. The Morgan fingerprint density at radius 1 is 1.18 bits per heavy atom. The first-order chi connectivity index (χ1) is 10.5. The van der Waals surface area contributed by atoms with Crippen LogP contribution in [0.1, 0.15) is 16.7 Å². The van der Waals surface area contributed by atoms with Crippen molar-refractivity contribution in [3.8, 4) is 0 Å². The van der Waals surface area contributed by atoms with Crippen LogP contribution >= 0.6 is 11.8 Å². The molecule has 0 atom stereocenters. The van der Waals surface area contributed by atoms with Crippen LogP contribution in [0.2, 0.25) is 0 Å². The van der Waals surface area contributed by atoms with Gasteiger partial charge in [-0.2, -0.15) is 0 Å². The molecule has 0 saturated carbocycles. The first kappa shape index (κ1) is 16.6. The number of carbonyl (C=O) groups excluding carboxylic acids is 1. The third kappa shape index (κ3) is 4.34. The molecule has 0 spiro atoms. The fourth-order valence-electron chi connectivity index (χ4n) is 2.18. The van der Waals surface area contributed by atoms with E-state index in [0.717, 1.165) is 4.90 Å². The highest BCUT2D eigenvalue weighted by molar-refractivity contribution is 8.00. The summed E-state index contributed by atoms with van der Waals surface area (Å²) in [6.45, 7) is 4.39. The molecule has 2 nitrogen and oxygen atoms in total. The standard InChI is InChI=1S/C18H20FNOS/c1-13-8-9-17(14(2)10-13)22-12-18(21)20(3)11-15-6-4-5-7-16(15)19/h4-10H,11-12H2,1-3H3. The van der Waals surface area contributed by atoms with Crippen molar-refractivity contribution in [3.63, 3.8) is 0 Å². The Kier molecular flexibility index (Phi) is 5.61. The maximum Gasteiger partial charge on any atom is 0.232 e. The van der Waals surface area contributed by atoms with Crippen LogP contribution in [0.25, 0.3) is 0 Å². The second-order valence-electron chi connectivity index (χ2n) is 5.40. The number of benzene rings is 2. The van der Waals surface area contributed by atoms with E-state index in [4.69, 9.17) is 0 Å². The van der Waals surface area contributed by atoms with Crippen molar-refractivity contribution >= 4 is 17.7 Å². The van der Waals surface area contributed by atoms with Crippen LogP contribution in [-0.2, 0) is 11.3 Å². The van der Waals surface area contributed by atoms with Crippen LogP contribution in [0.15, 0.2) is 47.4 Å². The molecule has 4 heteroatoms.